The van der Waals surface area contributed by atoms with Crippen LogP contribution in [0.15, 0.2) is 18.2 Å². The van der Waals surface area contributed by atoms with Gasteiger partial charge in [0.15, 0.2) is 0 Å². The Labute approximate surface area is 105 Å². The first-order valence-electron chi connectivity index (χ1n) is 5.79. The molecule has 1 aliphatic rings. The molecule has 2 rings (SSSR count). The predicted octanol–water partition coefficient (Wildman–Crippen LogP) is 0.0582. The molecule has 2 amide bonds. The van der Waals surface area contributed by atoms with Crippen LogP contribution in [0.25, 0.3) is 0 Å². The number of nitrogens with one attached hydrogen (secondary N) is 2. The molecule has 96 valence electrons. The number of hydrogen-bond acceptors (Lipinski definition) is 4. The third-order valence-corrected chi connectivity index (χ3v) is 2.96. The number of rotatable bonds is 4. The van der Waals surface area contributed by atoms with Crippen LogP contribution in [-0.4, -0.2) is 24.4 Å². The summed E-state index contributed by atoms with van der Waals surface area (Å²) in [7, 11) is 0. The summed E-state index contributed by atoms with van der Waals surface area (Å²) >= 11 is 0. The molecule has 6 nitrogen and oxygen atoms in total. The van der Waals surface area contributed by atoms with Crippen LogP contribution in [0.2, 0.25) is 0 Å². The van der Waals surface area contributed by atoms with E-state index < -0.39 is 5.91 Å². The minimum atomic E-state index is -0.551. The molecule has 0 saturated carbocycles. The van der Waals surface area contributed by atoms with Crippen molar-refractivity contribution in [3.63, 3.8) is 0 Å². The highest BCUT2D eigenvalue weighted by Gasteiger charge is 2.20. The van der Waals surface area contributed by atoms with Crippen LogP contribution in [0.5, 0.6) is 0 Å². The van der Waals surface area contributed by atoms with Crippen molar-refractivity contribution in [3.05, 3.63) is 23.8 Å². The standard InChI is InChI=1S/C12H16N4O2/c13-10-3-1-7(5-9(10)12(14)18)15-6-8-2-4-11(17)16-8/h1,3,5,8,15H,2,4,6,13H2,(H2,14,18)(H,16,17). The van der Waals surface area contributed by atoms with E-state index in [2.05, 4.69) is 10.6 Å². The minimum absolute atomic E-state index is 0.0805. The van der Waals surface area contributed by atoms with Crippen LogP contribution in [0.4, 0.5) is 11.4 Å². The zero-order valence-electron chi connectivity index (χ0n) is 9.90. The van der Waals surface area contributed by atoms with Crippen molar-refractivity contribution >= 4 is 23.2 Å². The van der Waals surface area contributed by atoms with Crippen molar-refractivity contribution in [2.24, 2.45) is 5.73 Å². The Morgan fingerprint density at radius 2 is 2.28 bits per heavy atom. The number of benzene rings is 1. The molecule has 0 bridgehead atoms. The lowest BCUT2D eigenvalue weighted by Crippen LogP contribution is -2.31. The van der Waals surface area contributed by atoms with E-state index in [1.165, 1.54) is 0 Å². The minimum Gasteiger partial charge on any atom is -0.398 e. The second kappa shape index (κ2) is 4.95. The van der Waals surface area contributed by atoms with Gasteiger partial charge in [0.05, 0.1) is 5.56 Å². The molecule has 1 fully saturated rings. The Morgan fingerprint density at radius 1 is 1.50 bits per heavy atom. The Hall–Kier alpha value is -2.24. The number of amides is 2. The highest BCUT2D eigenvalue weighted by Crippen LogP contribution is 2.18. The van der Waals surface area contributed by atoms with Crippen molar-refractivity contribution in [3.8, 4) is 0 Å². The maximum Gasteiger partial charge on any atom is 0.250 e. The Bertz CT molecular complexity index is 487. The molecule has 1 unspecified atom stereocenters. The fraction of sp³-hybridized carbons (Fsp3) is 0.333. The molecule has 1 heterocycles. The number of nitrogen functional groups attached to an aromatic ring is 1. The average molecular weight is 248 g/mol. The van der Waals surface area contributed by atoms with Gasteiger partial charge in [0, 0.05) is 30.4 Å². The van der Waals surface area contributed by atoms with Gasteiger partial charge in [0.1, 0.15) is 0 Å². The summed E-state index contributed by atoms with van der Waals surface area (Å²) in [6.07, 6.45) is 1.39. The SMILES string of the molecule is NC(=O)c1cc(NCC2CCC(=O)N2)ccc1N. The van der Waals surface area contributed by atoms with Gasteiger partial charge in [-0.3, -0.25) is 9.59 Å². The summed E-state index contributed by atoms with van der Waals surface area (Å²) in [5.41, 5.74) is 12.3. The predicted molar refractivity (Wildman–Crippen MR) is 69.0 cm³/mol. The molecule has 0 radical (unpaired) electrons. The second-order valence-corrected chi connectivity index (χ2v) is 4.35. The van der Waals surface area contributed by atoms with E-state index in [-0.39, 0.29) is 11.9 Å². The van der Waals surface area contributed by atoms with Crippen LogP contribution in [0, 0.1) is 0 Å². The highest BCUT2D eigenvalue weighted by atomic mass is 16.2. The maximum absolute atomic E-state index is 11.1. The molecular formula is C12H16N4O2. The topological polar surface area (TPSA) is 110 Å². The number of hydrogen-bond donors (Lipinski definition) is 4. The number of carbonyl (C=O) groups excluding carboxylic acids is 2. The Balaban J connectivity index is 1.99. The van der Waals surface area contributed by atoms with Crippen LogP contribution >= 0.6 is 0 Å². The molecular weight excluding hydrogens is 232 g/mol. The molecule has 18 heavy (non-hydrogen) atoms. The van der Waals surface area contributed by atoms with Crippen molar-refractivity contribution in [1.29, 1.82) is 0 Å². The van der Waals surface area contributed by atoms with E-state index >= 15 is 0 Å². The second-order valence-electron chi connectivity index (χ2n) is 4.35. The van der Waals surface area contributed by atoms with Gasteiger partial charge in [-0.05, 0) is 24.6 Å². The van der Waals surface area contributed by atoms with E-state index in [1.54, 1.807) is 18.2 Å². The van der Waals surface area contributed by atoms with Crippen LogP contribution in [0.1, 0.15) is 23.2 Å². The van der Waals surface area contributed by atoms with Gasteiger partial charge in [0.25, 0.3) is 5.91 Å². The molecule has 1 aromatic carbocycles. The zero-order chi connectivity index (χ0) is 13.1. The van der Waals surface area contributed by atoms with Crippen LogP contribution < -0.4 is 22.1 Å². The first kappa shape index (κ1) is 12.2. The van der Waals surface area contributed by atoms with Crippen LogP contribution in [-0.2, 0) is 4.79 Å². The summed E-state index contributed by atoms with van der Waals surface area (Å²) in [6.45, 7) is 0.619. The Kier molecular flexibility index (Phi) is 3.36. The smallest absolute Gasteiger partial charge is 0.250 e. The van der Waals surface area contributed by atoms with Crippen molar-refractivity contribution < 1.29 is 9.59 Å². The van der Waals surface area contributed by atoms with Gasteiger partial charge in [0.2, 0.25) is 5.91 Å². The van der Waals surface area contributed by atoms with E-state index in [0.717, 1.165) is 12.1 Å². The largest absolute Gasteiger partial charge is 0.398 e. The number of primary amides is 1. The summed E-state index contributed by atoms with van der Waals surface area (Å²) in [4.78, 5) is 22.2. The number of nitrogens with two attached hydrogens (primary N) is 2. The number of anilines is 2. The van der Waals surface area contributed by atoms with Crippen molar-refractivity contribution in [2.75, 3.05) is 17.6 Å². The van der Waals surface area contributed by atoms with Gasteiger partial charge < -0.3 is 22.1 Å². The van der Waals surface area contributed by atoms with Gasteiger partial charge in [-0.1, -0.05) is 0 Å². The molecule has 1 saturated heterocycles. The lowest BCUT2D eigenvalue weighted by Gasteiger charge is -2.13. The molecule has 6 N–H and O–H groups in total. The van der Waals surface area contributed by atoms with E-state index in [1.807, 2.05) is 0 Å². The normalized spacial score (nSPS) is 18.4. The van der Waals surface area contributed by atoms with Gasteiger partial charge in [-0.2, -0.15) is 0 Å². The first-order chi connectivity index (χ1) is 8.56. The van der Waals surface area contributed by atoms with Crippen molar-refractivity contribution in [1.82, 2.24) is 5.32 Å². The molecule has 1 aliphatic heterocycles. The van der Waals surface area contributed by atoms with Crippen molar-refractivity contribution in [2.45, 2.75) is 18.9 Å². The summed E-state index contributed by atoms with van der Waals surface area (Å²) in [5, 5.41) is 6.01. The summed E-state index contributed by atoms with van der Waals surface area (Å²) in [6, 6.07) is 5.16. The maximum atomic E-state index is 11.1. The molecule has 6 heteroatoms. The quantitative estimate of drug-likeness (QED) is 0.564. The average Bonchev–Trinajstić information content (AvgIpc) is 2.74. The lowest BCUT2D eigenvalue weighted by molar-refractivity contribution is -0.119. The monoisotopic (exact) mass is 248 g/mol. The fourth-order valence-corrected chi connectivity index (χ4v) is 1.95. The first-order valence-corrected chi connectivity index (χ1v) is 5.79. The highest BCUT2D eigenvalue weighted by molar-refractivity contribution is 5.98. The molecule has 0 spiro atoms. The summed E-state index contributed by atoms with van der Waals surface area (Å²) < 4.78 is 0. The zero-order valence-corrected chi connectivity index (χ0v) is 9.90. The Morgan fingerprint density at radius 3 is 2.89 bits per heavy atom. The van der Waals surface area contributed by atoms with Crippen LogP contribution in [0.3, 0.4) is 0 Å². The lowest BCUT2D eigenvalue weighted by atomic mass is 10.1. The van der Waals surface area contributed by atoms with Gasteiger partial charge in [-0.25, -0.2) is 0 Å². The number of carbonyl (C=O) groups is 2. The molecule has 1 atom stereocenters. The fourth-order valence-electron chi connectivity index (χ4n) is 1.95. The van der Waals surface area contributed by atoms with E-state index in [0.29, 0.717) is 24.2 Å². The van der Waals surface area contributed by atoms with Gasteiger partial charge >= 0.3 is 0 Å². The third kappa shape index (κ3) is 2.71. The van der Waals surface area contributed by atoms with E-state index in [9.17, 15) is 9.59 Å². The third-order valence-electron chi connectivity index (χ3n) is 2.96. The molecule has 0 aromatic heterocycles. The van der Waals surface area contributed by atoms with E-state index in [4.69, 9.17) is 11.5 Å². The molecule has 0 aliphatic carbocycles. The molecule has 1 aromatic rings. The summed E-state index contributed by atoms with van der Waals surface area (Å²) in [5.74, 6) is -0.470. The van der Waals surface area contributed by atoms with Gasteiger partial charge in [-0.15, -0.1) is 0 Å².